The monoisotopic (exact) mass is 404 g/mol. The van der Waals surface area contributed by atoms with Gasteiger partial charge in [-0.25, -0.2) is 4.79 Å². The second-order valence-electron chi connectivity index (χ2n) is 9.85. The molecular weight excluding hydrogens is 368 g/mol. The smallest absolute Gasteiger partial charge is 0.326 e. The molecular formula is C23H36N2O4. The second kappa shape index (κ2) is 8.11. The quantitative estimate of drug-likeness (QED) is 0.688. The van der Waals surface area contributed by atoms with Gasteiger partial charge in [-0.15, -0.1) is 0 Å². The predicted molar refractivity (Wildman–Crippen MR) is 111 cm³/mol. The van der Waals surface area contributed by atoms with E-state index in [9.17, 15) is 19.5 Å². The largest absolute Gasteiger partial charge is 0.480 e. The van der Waals surface area contributed by atoms with Crippen molar-refractivity contribution in [2.24, 2.45) is 23.2 Å². The van der Waals surface area contributed by atoms with Crippen molar-refractivity contribution in [3.63, 3.8) is 0 Å². The minimum atomic E-state index is -1.03. The number of hydrogen-bond acceptors (Lipinski definition) is 3. The summed E-state index contributed by atoms with van der Waals surface area (Å²) in [5.41, 5.74) is 1.34. The van der Waals surface area contributed by atoms with Crippen molar-refractivity contribution in [1.29, 1.82) is 0 Å². The number of nitrogens with one attached hydrogen (secondary N) is 1. The average molecular weight is 405 g/mol. The van der Waals surface area contributed by atoms with Crippen molar-refractivity contribution in [3.8, 4) is 0 Å². The van der Waals surface area contributed by atoms with Crippen molar-refractivity contribution in [2.75, 3.05) is 0 Å². The van der Waals surface area contributed by atoms with Crippen LogP contribution in [0.4, 0.5) is 0 Å². The number of allylic oxidation sites excluding steroid dienone is 1. The maximum atomic E-state index is 13.3. The van der Waals surface area contributed by atoms with E-state index in [1.54, 1.807) is 6.92 Å². The molecule has 1 saturated carbocycles. The third-order valence-corrected chi connectivity index (χ3v) is 7.82. The van der Waals surface area contributed by atoms with Crippen LogP contribution >= 0.6 is 0 Å². The zero-order valence-corrected chi connectivity index (χ0v) is 18.4. The van der Waals surface area contributed by atoms with Crippen LogP contribution in [-0.4, -0.2) is 45.9 Å². The number of aliphatic carboxylic acids is 1. The number of likely N-dealkylation sites (tertiary alicyclic amines) is 1. The van der Waals surface area contributed by atoms with Crippen LogP contribution in [0.15, 0.2) is 11.6 Å². The maximum Gasteiger partial charge on any atom is 0.326 e. The molecule has 1 saturated heterocycles. The van der Waals surface area contributed by atoms with Crippen LogP contribution < -0.4 is 5.32 Å². The van der Waals surface area contributed by atoms with E-state index in [2.05, 4.69) is 39.1 Å². The molecule has 2 amide bonds. The van der Waals surface area contributed by atoms with Gasteiger partial charge in [-0.1, -0.05) is 32.4 Å². The molecule has 0 bridgehead atoms. The number of hydrogen-bond donors (Lipinski definition) is 2. The number of carbonyl (C=O) groups is 3. The van der Waals surface area contributed by atoms with Gasteiger partial charge in [0.1, 0.15) is 12.1 Å². The zero-order chi connectivity index (χ0) is 21.5. The highest BCUT2D eigenvalue weighted by atomic mass is 16.4. The molecule has 1 heterocycles. The molecule has 0 aromatic heterocycles. The Labute approximate surface area is 174 Å². The van der Waals surface area contributed by atoms with Gasteiger partial charge in [0.15, 0.2) is 0 Å². The highest BCUT2D eigenvalue weighted by Crippen LogP contribution is 2.53. The van der Waals surface area contributed by atoms with Crippen LogP contribution in [0, 0.1) is 23.2 Å². The average Bonchev–Trinajstić information content (AvgIpc) is 3.22. The molecule has 6 heteroatoms. The van der Waals surface area contributed by atoms with Crippen LogP contribution in [0.25, 0.3) is 0 Å². The van der Waals surface area contributed by atoms with E-state index in [1.807, 2.05) is 0 Å². The molecule has 1 spiro atoms. The van der Waals surface area contributed by atoms with Crippen LogP contribution in [-0.2, 0) is 14.4 Å². The van der Waals surface area contributed by atoms with Gasteiger partial charge >= 0.3 is 5.97 Å². The van der Waals surface area contributed by atoms with Crippen LogP contribution in [0.1, 0.15) is 73.1 Å². The van der Waals surface area contributed by atoms with E-state index in [1.165, 1.54) is 10.5 Å². The first-order valence-corrected chi connectivity index (χ1v) is 11.1. The Bertz CT molecular complexity index is 716. The highest BCUT2D eigenvalue weighted by Gasteiger charge is 2.52. The minimum Gasteiger partial charge on any atom is -0.480 e. The molecule has 0 radical (unpaired) electrons. The fraction of sp³-hybridized carbons (Fsp3) is 0.783. The third-order valence-electron chi connectivity index (χ3n) is 7.82. The van der Waals surface area contributed by atoms with E-state index < -0.39 is 18.1 Å². The Balaban J connectivity index is 1.87. The van der Waals surface area contributed by atoms with Crippen molar-refractivity contribution in [3.05, 3.63) is 11.6 Å². The van der Waals surface area contributed by atoms with Crippen LogP contribution in [0.2, 0.25) is 0 Å². The zero-order valence-electron chi connectivity index (χ0n) is 18.4. The Morgan fingerprint density at radius 2 is 1.90 bits per heavy atom. The molecule has 2 fully saturated rings. The molecule has 0 aromatic carbocycles. The summed E-state index contributed by atoms with van der Waals surface area (Å²) in [6.07, 6.45) is 7.18. The van der Waals surface area contributed by atoms with Gasteiger partial charge in [-0.2, -0.15) is 0 Å². The lowest BCUT2D eigenvalue weighted by Crippen LogP contribution is -2.60. The molecule has 2 N–H and O–H groups in total. The Hall–Kier alpha value is -1.85. The Kier molecular flexibility index (Phi) is 6.11. The van der Waals surface area contributed by atoms with Crippen molar-refractivity contribution in [1.82, 2.24) is 10.2 Å². The fourth-order valence-electron chi connectivity index (χ4n) is 6.02. The van der Waals surface area contributed by atoms with Gasteiger partial charge in [0.05, 0.1) is 0 Å². The minimum absolute atomic E-state index is 0.0135. The molecule has 3 aliphatic rings. The standard InChI is InChI=1S/C23H36N2O4/c1-13(2)17-7-6-15(4)23(11-10-14(3)12-23)20(17)24-21(27)16(5)25-18(22(28)29)8-9-19(25)26/h12-13,15-18,20H,6-11H2,1-5H3,(H,24,27)(H,28,29). The summed E-state index contributed by atoms with van der Waals surface area (Å²) >= 11 is 0. The summed E-state index contributed by atoms with van der Waals surface area (Å²) in [6.45, 7) is 10.5. The fourth-order valence-corrected chi connectivity index (χ4v) is 6.02. The van der Waals surface area contributed by atoms with E-state index in [0.29, 0.717) is 17.8 Å². The number of carboxylic acid groups (broad SMARTS) is 1. The molecule has 6 atom stereocenters. The van der Waals surface area contributed by atoms with Crippen molar-refractivity contribution in [2.45, 2.75) is 91.3 Å². The summed E-state index contributed by atoms with van der Waals surface area (Å²) < 4.78 is 0. The van der Waals surface area contributed by atoms with E-state index in [0.717, 1.165) is 25.7 Å². The molecule has 3 rings (SSSR count). The molecule has 0 aromatic rings. The van der Waals surface area contributed by atoms with Gasteiger partial charge in [-0.3, -0.25) is 9.59 Å². The first-order valence-electron chi connectivity index (χ1n) is 11.1. The number of amides is 2. The lowest BCUT2D eigenvalue weighted by atomic mass is 9.58. The lowest BCUT2D eigenvalue weighted by Gasteiger charge is -2.51. The molecule has 29 heavy (non-hydrogen) atoms. The highest BCUT2D eigenvalue weighted by molar-refractivity contribution is 5.93. The third kappa shape index (κ3) is 3.82. The summed E-state index contributed by atoms with van der Waals surface area (Å²) in [5, 5.41) is 12.8. The molecule has 6 nitrogen and oxygen atoms in total. The number of rotatable bonds is 5. The molecule has 2 aliphatic carbocycles. The van der Waals surface area contributed by atoms with Crippen molar-refractivity contribution >= 4 is 17.8 Å². The van der Waals surface area contributed by atoms with E-state index in [4.69, 9.17) is 0 Å². The van der Waals surface area contributed by atoms with Gasteiger partial charge in [-0.05, 0) is 63.7 Å². The first-order chi connectivity index (χ1) is 13.6. The summed E-state index contributed by atoms with van der Waals surface area (Å²) in [5.74, 6) is -0.218. The SMILES string of the molecule is CC1=CC2(CC1)C(C)CCC(C(C)C)C2NC(=O)C(C)N1C(=O)CCC1C(=O)O. The number of carboxylic acids is 1. The summed E-state index contributed by atoms with van der Waals surface area (Å²) in [7, 11) is 0. The van der Waals surface area contributed by atoms with E-state index >= 15 is 0 Å². The molecule has 1 aliphatic heterocycles. The number of nitrogens with zero attached hydrogens (tertiary/aromatic N) is 1. The normalized spacial score (nSPS) is 35.9. The summed E-state index contributed by atoms with van der Waals surface area (Å²) in [4.78, 5) is 38.4. The lowest BCUT2D eigenvalue weighted by molar-refractivity contribution is -0.150. The van der Waals surface area contributed by atoms with Crippen LogP contribution in [0.3, 0.4) is 0 Å². The summed E-state index contributed by atoms with van der Waals surface area (Å²) in [6, 6.07) is -1.67. The van der Waals surface area contributed by atoms with Crippen LogP contribution in [0.5, 0.6) is 0 Å². The Morgan fingerprint density at radius 3 is 2.45 bits per heavy atom. The predicted octanol–water partition coefficient (Wildman–Crippen LogP) is 3.36. The van der Waals surface area contributed by atoms with Gasteiger partial charge in [0.25, 0.3) is 0 Å². The van der Waals surface area contributed by atoms with Gasteiger partial charge in [0.2, 0.25) is 11.8 Å². The first kappa shape index (κ1) is 21.8. The van der Waals surface area contributed by atoms with Gasteiger partial charge < -0.3 is 15.3 Å². The molecule has 6 unspecified atom stereocenters. The maximum absolute atomic E-state index is 13.3. The topological polar surface area (TPSA) is 86.7 Å². The number of carbonyl (C=O) groups excluding carboxylic acids is 2. The van der Waals surface area contributed by atoms with Gasteiger partial charge in [0, 0.05) is 17.9 Å². The Morgan fingerprint density at radius 1 is 1.21 bits per heavy atom. The second-order valence-corrected chi connectivity index (χ2v) is 9.85. The van der Waals surface area contributed by atoms with Crippen molar-refractivity contribution < 1.29 is 19.5 Å². The molecule has 162 valence electrons. The van der Waals surface area contributed by atoms with E-state index in [-0.39, 0.29) is 36.1 Å².